The lowest BCUT2D eigenvalue weighted by atomic mass is 9.99. The highest BCUT2D eigenvalue weighted by molar-refractivity contribution is 5.75. The third-order valence-corrected chi connectivity index (χ3v) is 4.57. The zero-order valence-electron chi connectivity index (χ0n) is 14.8. The first kappa shape index (κ1) is 19.2. The summed E-state index contributed by atoms with van der Waals surface area (Å²) in [5, 5.41) is 12.0. The Labute approximate surface area is 149 Å². The van der Waals surface area contributed by atoms with Crippen LogP contribution < -0.4 is 5.32 Å². The Hall–Kier alpha value is -2.08. The standard InChI is InChI=1S/C19H28N2O4/c1-25-14-16-8-5-11-21(13-16)19(24)20-17(9-10-18(22)23)12-15-6-3-2-4-7-15/h2-4,6-7,16-17H,5,8-14H2,1H3,(H,20,24)(H,22,23). The van der Waals surface area contributed by atoms with Crippen LogP contribution in [0.2, 0.25) is 0 Å². The monoisotopic (exact) mass is 348 g/mol. The van der Waals surface area contributed by atoms with Gasteiger partial charge in [0.2, 0.25) is 0 Å². The van der Waals surface area contributed by atoms with Gasteiger partial charge in [0.05, 0.1) is 6.61 Å². The first-order chi connectivity index (χ1) is 12.1. The van der Waals surface area contributed by atoms with E-state index in [1.54, 1.807) is 7.11 Å². The zero-order chi connectivity index (χ0) is 18.1. The van der Waals surface area contributed by atoms with Gasteiger partial charge in [0.15, 0.2) is 0 Å². The average molecular weight is 348 g/mol. The summed E-state index contributed by atoms with van der Waals surface area (Å²) in [6.07, 6.45) is 3.15. The van der Waals surface area contributed by atoms with E-state index in [9.17, 15) is 9.59 Å². The molecule has 25 heavy (non-hydrogen) atoms. The van der Waals surface area contributed by atoms with Gasteiger partial charge in [0.1, 0.15) is 0 Å². The average Bonchev–Trinajstić information content (AvgIpc) is 2.61. The minimum absolute atomic E-state index is 0.0457. The Balaban J connectivity index is 1.94. The minimum Gasteiger partial charge on any atom is -0.481 e. The third kappa shape index (κ3) is 6.74. The summed E-state index contributed by atoms with van der Waals surface area (Å²) in [6, 6.07) is 9.54. The number of urea groups is 1. The van der Waals surface area contributed by atoms with Crippen molar-refractivity contribution in [1.29, 1.82) is 0 Å². The van der Waals surface area contributed by atoms with Crippen molar-refractivity contribution in [2.45, 2.75) is 38.1 Å². The lowest BCUT2D eigenvalue weighted by Gasteiger charge is -2.33. The number of methoxy groups -OCH3 is 1. The summed E-state index contributed by atoms with van der Waals surface area (Å²) in [7, 11) is 1.68. The third-order valence-electron chi connectivity index (χ3n) is 4.57. The number of carbonyl (C=O) groups excluding carboxylic acids is 1. The molecule has 2 amide bonds. The molecule has 0 aliphatic carbocycles. The van der Waals surface area contributed by atoms with Crippen LogP contribution in [0.1, 0.15) is 31.2 Å². The van der Waals surface area contributed by atoms with Crippen molar-refractivity contribution in [3.05, 3.63) is 35.9 Å². The van der Waals surface area contributed by atoms with Crippen LogP contribution in [0, 0.1) is 5.92 Å². The number of rotatable bonds is 8. The van der Waals surface area contributed by atoms with Crippen LogP contribution in [0.3, 0.4) is 0 Å². The molecule has 1 aliphatic heterocycles. The van der Waals surface area contributed by atoms with E-state index < -0.39 is 5.97 Å². The maximum absolute atomic E-state index is 12.6. The van der Waals surface area contributed by atoms with E-state index in [1.165, 1.54) is 0 Å². The number of nitrogens with one attached hydrogen (secondary N) is 1. The predicted octanol–water partition coefficient (Wildman–Crippen LogP) is 2.53. The molecule has 0 saturated carbocycles. The first-order valence-electron chi connectivity index (χ1n) is 8.88. The molecule has 6 heteroatoms. The summed E-state index contributed by atoms with van der Waals surface area (Å²) in [5.41, 5.74) is 1.09. The number of carbonyl (C=O) groups is 2. The second kappa shape index (κ2) is 10.0. The molecule has 2 unspecified atom stereocenters. The van der Waals surface area contributed by atoms with Crippen LogP contribution in [0.15, 0.2) is 30.3 Å². The molecule has 1 aromatic carbocycles. The number of hydrogen-bond acceptors (Lipinski definition) is 3. The van der Waals surface area contributed by atoms with Crippen molar-refractivity contribution in [3.8, 4) is 0 Å². The normalized spacial score (nSPS) is 18.6. The molecule has 1 saturated heterocycles. The molecule has 2 atom stereocenters. The Bertz CT molecular complexity index is 548. The number of aliphatic carboxylic acids is 1. The van der Waals surface area contributed by atoms with Crippen molar-refractivity contribution in [2.24, 2.45) is 5.92 Å². The quantitative estimate of drug-likeness (QED) is 0.757. The number of ether oxygens (including phenoxy) is 1. The van der Waals surface area contributed by atoms with Gasteiger partial charge in [-0.1, -0.05) is 30.3 Å². The fraction of sp³-hybridized carbons (Fsp3) is 0.579. The second-order valence-electron chi connectivity index (χ2n) is 6.68. The van der Waals surface area contributed by atoms with E-state index in [2.05, 4.69) is 5.32 Å². The molecular formula is C19H28N2O4. The van der Waals surface area contributed by atoms with Crippen molar-refractivity contribution >= 4 is 12.0 Å². The molecule has 1 aromatic rings. The summed E-state index contributed by atoms with van der Waals surface area (Å²) in [6.45, 7) is 2.09. The van der Waals surface area contributed by atoms with Gasteiger partial charge >= 0.3 is 12.0 Å². The van der Waals surface area contributed by atoms with Gasteiger partial charge < -0.3 is 20.1 Å². The van der Waals surface area contributed by atoms with E-state index in [4.69, 9.17) is 9.84 Å². The number of benzene rings is 1. The highest BCUT2D eigenvalue weighted by atomic mass is 16.5. The second-order valence-corrected chi connectivity index (χ2v) is 6.68. The predicted molar refractivity (Wildman–Crippen MR) is 95.5 cm³/mol. The van der Waals surface area contributed by atoms with Crippen molar-refractivity contribution < 1.29 is 19.4 Å². The molecular weight excluding hydrogens is 320 g/mol. The molecule has 0 bridgehead atoms. The number of amides is 2. The molecule has 138 valence electrons. The smallest absolute Gasteiger partial charge is 0.317 e. The van der Waals surface area contributed by atoms with E-state index in [1.807, 2.05) is 35.2 Å². The lowest BCUT2D eigenvalue weighted by Crippen LogP contribution is -2.49. The molecule has 1 aliphatic rings. The van der Waals surface area contributed by atoms with E-state index in [0.29, 0.717) is 31.9 Å². The van der Waals surface area contributed by atoms with Gasteiger partial charge in [-0.15, -0.1) is 0 Å². The number of likely N-dealkylation sites (tertiary alicyclic amines) is 1. The van der Waals surface area contributed by atoms with E-state index >= 15 is 0 Å². The number of hydrogen-bond donors (Lipinski definition) is 2. The van der Waals surface area contributed by atoms with Gasteiger partial charge in [0.25, 0.3) is 0 Å². The SMILES string of the molecule is COCC1CCCN(C(=O)NC(CCC(=O)O)Cc2ccccc2)C1. The number of carboxylic acids is 1. The number of piperidine rings is 1. The maximum atomic E-state index is 12.6. The number of nitrogens with zero attached hydrogens (tertiary/aromatic N) is 1. The zero-order valence-corrected chi connectivity index (χ0v) is 14.8. The van der Waals surface area contributed by atoms with Crippen molar-refractivity contribution in [3.63, 3.8) is 0 Å². The number of carboxylic acid groups (broad SMARTS) is 1. The topological polar surface area (TPSA) is 78.9 Å². The lowest BCUT2D eigenvalue weighted by molar-refractivity contribution is -0.137. The Morgan fingerprint density at radius 2 is 2.12 bits per heavy atom. The van der Waals surface area contributed by atoms with E-state index in [0.717, 1.165) is 24.9 Å². The van der Waals surface area contributed by atoms with Crippen LogP contribution in [0.25, 0.3) is 0 Å². The largest absolute Gasteiger partial charge is 0.481 e. The Morgan fingerprint density at radius 3 is 2.80 bits per heavy atom. The molecule has 0 radical (unpaired) electrons. The summed E-state index contributed by atoms with van der Waals surface area (Å²) >= 11 is 0. The van der Waals surface area contributed by atoms with Crippen molar-refractivity contribution in [2.75, 3.05) is 26.8 Å². The van der Waals surface area contributed by atoms with Crippen LogP contribution >= 0.6 is 0 Å². The van der Waals surface area contributed by atoms with Gasteiger partial charge in [-0.05, 0) is 31.2 Å². The first-order valence-corrected chi connectivity index (χ1v) is 8.88. The maximum Gasteiger partial charge on any atom is 0.317 e. The Morgan fingerprint density at radius 1 is 1.36 bits per heavy atom. The molecule has 2 rings (SSSR count). The van der Waals surface area contributed by atoms with Crippen LogP contribution in [-0.2, 0) is 16.0 Å². The summed E-state index contributed by atoms with van der Waals surface area (Å²) in [5.74, 6) is -0.471. The molecule has 0 spiro atoms. The summed E-state index contributed by atoms with van der Waals surface area (Å²) < 4.78 is 5.21. The fourth-order valence-corrected chi connectivity index (χ4v) is 3.31. The van der Waals surface area contributed by atoms with E-state index in [-0.39, 0.29) is 18.5 Å². The molecule has 1 fully saturated rings. The van der Waals surface area contributed by atoms with Crippen LogP contribution in [-0.4, -0.2) is 54.9 Å². The minimum atomic E-state index is -0.842. The fourth-order valence-electron chi connectivity index (χ4n) is 3.31. The van der Waals surface area contributed by atoms with Crippen LogP contribution in [0.4, 0.5) is 4.79 Å². The molecule has 0 aromatic heterocycles. The van der Waals surface area contributed by atoms with Crippen molar-refractivity contribution in [1.82, 2.24) is 10.2 Å². The van der Waals surface area contributed by atoms with Gasteiger partial charge in [0, 0.05) is 38.6 Å². The van der Waals surface area contributed by atoms with Gasteiger partial charge in [-0.2, -0.15) is 0 Å². The van der Waals surface area contributed by atoms with Gasteiger partial charge in [-0.25, -0.2) is 4.79 Å². The Kier molecular flexibility index (Phi) is 7.73. The van der Waals surface area contributed by atoms with Crippen LogP contribution in [0.5, 0.6) is 0 Å². The summed E-state index contributed by atoms with van der Waals surface area (Å²) in [4.78, 5) is 25.4. The molecule has 2 N–H and O–H groups in total. The highest BCUT2D eigenvalue weighted by Gasteiger charge is 2.25. The molecule has 1 heterocycles. The molecule has 6 nitrogen and oxygen atoms in total. The van der Waals surface area contributed by atoms with Gasteiger partial charge in [-0.3, -0.25) is 4.79 Å². The highest BCUT2D eigenvalue weighted by Crippen LogP contribution is 2.17.